The van der Waals surface area contributed by atoms with Crippen molar-refractivity contribution in [2.45, 2.75) is 37.5 Å². The number of amides is 2. The highest BCUT2D eigenvalue weighted by Gasteiger charge is 2.43. The molecule has 2 unspecified atom stereocenters. The van der Waals surface area contributed by atoms with E-state index in [-0.39, 0.29) is 11.6 Å². The van der Waals surface area contributed by atoms with E-state index in [9.17, 15) is 53.5 Å². The van der Waals surface area contributed by atoms with Gasteiger partial charge in [0.2, 0.25) is 5.91 Å². The minimum absolute atomic E-state index is 0.214. The molecule has 0 radical (unpaired) electrons. The van der Waals surface area contributed by atoms with Crippen LogP contribution in [0, 0.1) is 0 Å². The summed E-state index contributed by atoms with van der Waals surface area (Å²) < 4.78 is 132. The number of hydrogen-bond donors (Lipinski definition) is 2. The van der Waals surface area contributed by atoms with Crippen LogP contribution in [0.2, 0.25) is 0 Å². The molecule has 0 heterocycles. The first-order valence-corrected chi connectivity index (χ1v) is 10.2. The maximum Gasteiger partial charge on any atom is 0.417 e. The summed E-state index contributed by atoms with van der Waals surface area (Å²) in [4.78, 5) is 24.2. The van der Waals surface area contributed by atoms with Crippen LogP contribution >= 0.6 is 0 Å². The molecule has 0 aliphatic carbocycles. The molecule has 2 amide bonds. The summed E-state index contributed by atoms with van der Waals surface area (Å²) in [6.45, 7) is 0.177. The molecule has 202 valence electrons. The first kappa shape index (κ1) is 29.6. The number of carbonyl (C=O) groups excluding carboxylic acids is 2. The molecule has 0 aromatic heterocycles. The third kappa shape index (κ3) is 8.22. The molecule has 37 heavy (non-hydrogen) atoms. The second kappa shape index (κ2) is 11.2. The van der Waals surface area contributed by atoms with Crippen LogP contribution in [0.4, 0.5) is 43.9 Å². The Kier molecular flexibility index (Phi) is 8.99. The smallest absolute Gasteiger partial charge is 0.347 e. The molecule has 14 heteroatoms. The van der Waals surface area contributed by atoms with Gasteiger partial charge in [0.15, 0.2) is 6.04 Å². The maximum absolute atomic E-state index is 13.5. The molecule has 0 saturated heterocycles. The lowest BCUT2D eigenvalue weighted by atomic mass is 10.0. The number of carbonyl (C=O) groups is 2. The van der Waals surface area contributed by atoms with Gasteiger partial charge in [-0.3, -0.25) is 9.59 Å². The first-order valence-electron chi connectivity index (χ1n) is 10.2. The van der Waals surface area contributed by atoms with Crippen molar-refractivity contribution in [3.05, 3.63) is 76.4 Å². The molecule has 2 aromatic rings. The van der Waals surface area contributed by atoms with Gasteiger partial charge in [0, 0.05) is 6.08 Å². The van der Waals surface area contributed by atoms with Gasteiger partial charge in [-0.2, -0.15) is 39.5 Å². The molecule has 0 spiro atoms. The van der Waals surface area contributed by atoms with Crippen molar-refractivity contribution in [3.8, 4) is 0 Å². The molecular weight excluding hydrogens is 526 g/mol. The van der Waals surface area contributed by atoms with Crippen molar-refractivity contribution in [3.63, 3.8) is 0 Å². The van der Waals surface area contributed by atoms with Crippen molar-refractivity contribution in [2.24, 2.45) is 0 Å². The number of benzene rings is 2. The predicted molar refractivity (Wildman–Crippen MR) is 112 cm³/mol. The highest BCUT2D eigenvalue weighted by Crippen LogP contribution is 2.36. The minimum atomic E-state index is -5.21. The summed E-state index contributed by atoms with van der Waals surface area (Å²) in [5.74, 6) is -2.69. The van der Waals surface area contributed by atoms with Crippen LogP contribution in [0.25, 0.3) is 6.08 Å². The van der Waals surface area contributed by atoms with Crippen LogP contribution in [0.5, 0.6) is 0 Å². The Morgan fingerprint density at radius 3 is 2.08 bits per heavy atom. The lowest BCUT2D eigenvalue weighted by Crippen LogP contribution is -2.37. The summed E-state index contributed by atoms with van der Waals surface area (Å²) in [6.07, 6.45) is -14.0. The minimum Gasteiger partial charge on any atom is -0.347 e. The molecule has 2 atom stereocenters. The zero-order valence-electron chi connectivity index (χ0n) is 18.7. The van der Waals surface area contributed by atoms with Gasteiger partial charge in [-0.05, 0) is 48.4 Å². The number of hydrogen-bond acceptors (Lipinski definition) is 2. The van der Waals surface area contributed by atoms with E-state index in [4.69, 9.17) is 0 Å². The van der Waals surface area contributed by atoms with E-state index in [1.54, 1.807) is 0 Å². The molecule has 0 aliphatic heterocycles. The lowest BCUT2D eigenvalue weighted by molar-refractivity contribution is -0.162. The lowest BCUT2D eigenvalue weighted by Gasteiger charge is -2.22. The highest BCUT2D eigenvalue weighted by atomic mass is 19.4. The SMILES string of the molecule is CC(CF)NC(=O)c1ccc(/C=C/C(=O)NC(c2cccc(C(F)(F)F)c2)C(F)(F)F)cc1C(F)(F)F. The fourth-order valence-corrected chi connectivity index (χ4v) is 3.05. The average Bonchev–Trinajstić information content (AvgIpc) is 2.79. The van der Waals surface area contributed by atoms with Gasteiger partial charge >= 0.3 is 18.5 Å². The normalized spacial score (nSPS) is 14.4. The van der Waals surface area contributed by atoms with Crippen molar-refractivity contribution in [2.75, 3.05) is 6.67 Å². The van der Waals surface area contributed by atoms with Crippen molar-refractivity contribution in [1.82, 2.24) is 10.6 Å². The molecule has 2 N–H and O–H groups in total. The van der Waals surface area contributed by atoms with E-state index in [0.717, 1.165) is 30.3 Å². The van der Waals surface area contributed by atoms with Gasteiger partial charge in [-0.15, -0.1) is 0 Å². The van der Waals surface area contributed by atoms with E-state index in [1.165, 1.54) is 12.2 Å². The molecular formula is C23H18F10N2O2. The van der Waals surface area contributed by atoms with Crippen LogP contribution in [0.1, 0.15) is 45.6 Å². The van der Waals surface area contributed by atoms with Crippen LogP contribution in [-0.2, 0) is 17.1 Å². The Morgan fingerprint density at radius 1 is 0.892 bits per heavy atom. The Balaban J connectivity index is 2.31. The third-order valence-electron chi connectivity index (χ3n) is 4.79. The van der Waals surface area contributed by atoms with E-state index >= 15 is 0 Å². The zero-order valence-corrected chi connectivity index (χ0v) is 18.7. The van der Waals surface area contributed by atoms with Crippen molar-refractivity contribution in [1.29, 1.82) is 0 Å². The van der Waals surface area contributed by atoms with Crippen LogP contribution < -0.4 is 10.6 Å². The second-order valence-electron chi connectivity index (χ2n) is 7.77. The summed E-state index contributed by atoms with van der Waals surface area (Å²) in [7, 11) is 0. The monoisotopic (exact) mass is 544 g/mol. The topological polar surface area (TPSA) is 58.2 Å². The van der Waals surface area contributed by atoms with Gasteiger partial charge in [-0.1, -0.05) is 18.2 Å². The largest absolute Gasteiger partial charge is 0.417 e. The summed E-state index contributed by atoms with van der Waals surface area (Å²) in [5, 5.41) is 3.50. The third-order valence-corrected chi connectivity index (χ3v) is 4.79. The summed E-state index contributed by atoms with van der Waals surface area (Å²) in [5.41, 5.74) is -4.93. The van der Waals surface area contributed by atoms with E-state index in [1.807, 2.05) is 5.32 Å². The fourth-order valence-electron chi connectivity index (χ4n) is 3.05. The first-order chi connectivity index (χ1) is 16.9. The van der Waals surface area contributed by atoms with Gasteiger partial charge in [0.25, 0.3) is 5.91 Å². The standard InChI is InChI=1S/C23H18F10N2O2/c1-12(11-24)34-20(37)16-7-5-13(9-17(16)22(28,29)30)6-8-18(36)35-19(23(31,32)33)14-3-2-4-15(10-14)21(25,26)27/h2-10,12,19H,11H2,1H3,(H,34,37)(H,35,36)/b8-6+. The van der Waals surface area contributed by atoms with Crippen molar-refractivity contribution < 1.29 is 53.5 Å². The molecule has 2 rings (SSSR count). The number of alkyl halides is 10. The van der Waals surface area contributed by atoms with Crippen LogP contribution in [0.3, 0.4) is 0 Å². The fraction of sp³-hybridized carbons (Fsp3) is 0.304. The van der Waals surface area contributed by atoms with Crippen LogP contribution in [-0.4, -0.2) is 30.7 Å². The molecule has 0 aliphatic rings. The Hall–Kier alpha value is -3.58. The quantitative estimate of drug-likeness (QED) is 0.320. The van der Waals surface area contributed by atoms with Gasteiger partial charge in [0.1, 0.15) is 6.67 Å². The van der Waals surface area contributed by atoms with Gasteiger partial charge in [0.05, 0.1) is 22.7 Å². The Morgan fingerprint density at radius 2 is 1.54 bits per heavy atom. The molecule has 4 nitrogen and oxygen atoms in total. The van der Waals surface area contributed by atoms with E-state index in [0.29, 0.717) is 18.2 Å². The number of nitrogens with one attached hydrogen (secondary N) is 2. The highest BCUT2D eigenvalue weighted by molar-refractivity contribution is 5.97. The summed E-state index contributed by atoms with van der Waals surface area (Å²) >= 11 is 0. The molecule has 2 aromatic carbocycles. The second-order valence-corrected chi connectivity index (χ2v) is 7.77. The number of halogens is 10. The average molecular weight is 544 g/mol. The Labute approximate surface area is 203 Å². The Bertz CT molecular complexity index is 1150. The summed E-state index contributed by atoms with van der Waals surface area (Å²) in [6, 6.07) is 0.433. The number of rotatable bonds is 7. The van der Waals surface area contributed by atoms with Gasteiger partial charge in [-0.25, -0.2) is 4.39 Å². The zero-order chi connectivity index (χ0) is 28.2. The van der Waals surface area contributed by atoms with E-state index < -0.39 is 71.4 Å². The van der Waals surface area contributed by atoms with Crippen molar-refractivity contribution >= 4 is 17.9 Å². The molecule has 0 saturated carbocycles. The predicted octanol–water partition coefficient (Wildman–Crippen LogP) is 6.25. The van der Waals surface area contributed by atoms with Gasteiger partial charge < -0.3 is 10.6 Å². The molecule has 0 fully saturated rings. The van der Waals surface area contributed by atoms with Crippen LogP contribution in [0.15, 0.2) is 48.5 Å². The molecule has 0 bridgehead atoms. The van der Waals surface area contributed by atoms with E-state index in [2.05, 4.69) is 0 Å². The maximum atomic E-state index is 13.5.